The van der Waals surface area contributed by atoms with Gasteiger partial charge in [-0.25, -0.2) is 0 Å². The molecule has 0 rings (SSSR count). The molecule has 1 unspecified atom stereocenters. The van der Waals surface area contributed by atoms with E-state index in [4.69, 9.17) is 5.11 Å². The number of carboxylic acids is 1. The number of hydrogen-bond acceptors (Lipinski definition) is 2. The van der Waals surface area contributed by atoms with Crippen LogP contribution in [0, 0.1) is 5.92 Å². The molecule has 0 aliphatic rings. The Morgan fingerprint density at radius 1 is 1.09 bits per heavy atom. The second kappa shape index (κ2) is 19.2. The molecule has 0 aromatic carbocycles. The molecular formula is C18H36NNaO2. The molecule has 0 fully saturated rings. The molecule has 0 aromatic heterocycles. The van der Waals surface area contributed by atoms with Crippen LogP contribution in [0.3, 0.4) is 0 Å². The Hall–Kier alpha value is 0.170. The number of unbranched alkanes of at least 4 members (excludes halogenated alkanes) is 9. The predicted octanol–water partition coefficient (Wildman–Crippen LogP) is 1.89. The third-order valence-electron chi connectivity index (χ3n) is 3.90. The molecule has 0 saturated heterocycles. The van der Waals surface area contributed by atoms with Crippen molar-refractivity contribution in [2.45, 2.75) is 77.6 Å². The molecular weight excluding hydrogens is 285 g/mol. The topological polar surface area (TPSA) is 49.3 Å². The number of allylic oxidation sites excluding steroid dienone is 1. The summed E-state index contributed by atoms with van der Waals surface area (Å²) < 4.78 is 0. The standard InChI is InChI=1S/C18H35NO2.Na.H/c1-3-5-6-7-8-9-10-11-12-13-15-19-16-17(14-4-2)18(20)21;;/h4,17,19H,2-3,5-16H2,1H3,(H,20,21);;/q;+1;-1. The molecule has 4 heteroatoms. The zero-order valence-electron chi connectivity index (χ0n) is 15.9. The maximum absolute atomic E-state index is 10.9. The van der Waals surface area contributed by atoms with Gasteiger partial charge in [0.25, 0.3) is 0 Å². The van der Waals surface area contributed by atoms with Gasteiger partial charge >= 0.3 is 35.5 Å². The monoisotopic (exact) mass is 321 g/mol. The SMILES string of the molecule is C=CCC(CNCCCCCCCCCCCC)C(=O)O.[H-].[Na+]. The Balaban J connectivity index is -0.00000200. The van der Waals surface area contributed by atoms with E-state index in [1.165, 1.54) is 57.8 Å². The summed E-state index contributed by atoms with van der Waals surface area (Å²) >= 11 is 0. The van der Waals surface area contributed by atoms with Gasteiger partial charge in [0, 0.05) is 6.54 Å². The predicted molar refractivity (Wildman–Crippen MR) is 91.8 cm³/mol. The molecule has 0 heterocycles. The van der Waals surface area contributed by atoms with Crippen LogP contribution in [0.5, 0.6) is 0 Å². The van der Waals surface area contributed by atoms with E-state index in [2.05, 4.69) is 18.8 Å². The van der Waals surface area contributed by atoms with Crippen LogP contribution in [-0.4, -0.2) is 24.2 Å². The number of rotatable bonds is 16. The van der Waals surface area contributed by atoms with E-state index in [9.17, 15) is 4.79 Å². The largest absolute Gasteiger partial charge is 1.00 e. The van der Waals surface area contributed by atoms with Crippen molar-refractivity contribution in [2.24, 2.45) is 5.92 Å². The van der Waals surface area contributed by atoms with E-state index in [-0.39, 0.29) is 36.9 Å². The summed E-state index contributed by atoms with van der Waals surface area (Å²) in [6.45, 7) is 7.34. The van der Waals surface area contributed by atoms with Crippen molar-refractivity contribution in [1.29, 1.82) is 0 Å². The van der Waals surface area contributed by atoms with E-state index in [1.54, 1.807) is 6.08 Å². The average Bonchev–Trinajstić information content (AvgIpc) is 2.47. The van der Waals surface area contributed by atoms with Gasteiger partial charge in [-0.2, -0.15) is 0 Å². The van der Waals surface area contributed by atoms with Crippen LogP contribution in [0.4, 0.5) is 0 Å². The molecule has 22 heavy (non-hydrogen) atoms. The van der Waals surface area contributed by atoms with E-state index in [1.807, 2.05) is 0 Å². The summed E-state index contributed by atoms with van der Waals surface area (Å²) in [7, 11) is 0. The van der Waals surface area contributed by atoms with Crippen LogP contribution in [-0.2, 0) is 4.79 Å². The zero-order valence-corrected chi connectivity index (χ0v) is 16.9. The van der Waals surface area contributed by atoms with E-state index >= 15 is 0 Å². The second-order valence-corrected chi connectivity index (χ2v) is 5.95. The molecule has 3 nitrogen and oxygen atoms in total. The van der Waals surface area contributed by atoms with Gasteiger partial charge in [-0.05, 0) is 19.4 Å². The number of carbonyl (C=O) groups is 1. The van der Waals surface area contributed by atoms with E-state index in [0.29, 0.717) is 13.0 Å². The number of hydrogen-bond donors (Lipinski definition) is 2. The van der Waals surface area contributed by atoms with Gasteiger partial charge in [0.05, 0.1) is 5.92 Å². The van der Waals surface area contributed by atoms with Gasteiger partial charge in [0.1, 0.15) is 0 Å². The summed E-state index contributed by atoms with van der Waals surface area (Å²) in [5.74, 6) is -1.06. The molecule has 2 N–H and O–H groups in total. The van der Waals surface area contributed by atoms with Crippen molar-refractivity contribution >= 4 is 5.97 Å². The van der Waals surface area contributed by atoms with Gasteiger partial charge in [-0.1, -0.05) is 70.8 Å². The maximum Gasteiger partial charge on any atom is 1.00 e. The summed E-state index contributed by atoms with van der Waals surface area (Å²) in [4.78, 5) is 10.9. The Kier molecular flexibility index (Phi) is 21.3. The summed E-state index contributed by atoms with van der Waals surface area (Å²) in [5.41, 5.74) is 0. The van der Waals surface area contributed by atoms with Crippen molar-refractivity contribution in [1.82, 2.24) is 5.32 Å². The van der Waals surface area contributed by atoms with Crippen molar-refractivity contribution < 1.29 is 40.9 Å². The van der Waals surface area contributed by atoms with Crippen molar-refractivity contribution in [2.75, 3.05) is 13.1 Å². The maximum atomic E-state index is 10.9. The zero-order chi connectivity index (χ0) is 15.8. The third-order valence-corrected chi connectivity index (χ3v) is 3.90. The van der Waals surface area contributed by atoms with Gasteiger partial charge in [-0.15, -0.1) is 6.58 Å². The van der Waals surface area contributed by atoms with Gasteiger partial charge < -0.3 is 11.8 Å². The Morgan fingerprint density at radius 3 is 2.05 bits per heavy atom. The van der Waals surface area contributed by atoms with E-state index in [0.717, 1.165) is 13.0 Å². The smallest absolute Gasteiger partial charge is 1.00 e. The first-order valence-corrected chi connectivity index (χ1v) is 8.76. The normalized spacial score (nSPS) is 11.7. The van der Waals surface area contributed by atoms with E-state index < -0.39 is 5.97 Å². The van der Waals surface area contributed by atoms with Gasteiger partial charge in [0.15, 0.2) is 0 Å². The first-order valence-electron chi connectivity index (χ1n) is 8.76. The van der Waals surface area contributed by atoms with Crippen molar-refractivity contribution in [3.63, 3.8) is 0 Å². The number of aliphatic carboxylic acids is 1. The van der Waals surface area contributed by atoms with Crippen molar-refractivity contribution in [3.8, 4) is 0 Å². The van der Waals surface area contributed by atoms with Gasteiger partial charge in [-0.3, -0.25) is 4.79 Å². The molecule has 0 amide bonds. The summed E-state index contributed by atoms with van der Waals surface area (Å²) in [6, 6.07) is 0. The quantitative estimate of drug-likeness (QED) is 0.259. The number of carboxylic acid groups (broad SMARTS) is 1. The van der Waals surface area contributed by atoms with Crippen LogP contribution < -0.4 is 34.9 Å². The molecule has 1 atom stereocenters. The molecule has 0 bridgehead atoms. The fourth-order valence-corrected chi connectivity index (χ4v) is 2.49. The molecule has 0 aromatic rings. The van der Waals surface area contributed by atoms with Crippen LogP contribution >= 0.6 is 0 Å². The molecule has 126 valence electrons. The molecule has 0 saturated carbocycles. The Morgan fingerprint density at radius 2 is 1.59 bits per heavy atom. The minimum Gasteiger partial charge on any atom is -1.00 e. The average molecular weight is 321 g/mol. The molecule has 0 radical (unpaired) electrons. The summed E-state index contributed by atoms with van der Waals surface area (Å²) in [5, 5.41) is 12.2. The molecule has 0 spiro atoms. The minimum absolute atomic E-state index is 0. The fourth-order valence-electron chi connectivity index (χ4n) is 2.49. The Bertz CT molecular complexity index is 265. The first-order chi connectivity index (χ1) is 10.2. The van der Waals surface area contributed by atoms with Crippen LogP contribution in [0.1, 0.15) is 79.0 Å². The molecule has 0 aliphatic heterocycles. The Labute approximate surface area is 161 Å². The van der Waals surface area contributed by atoms with Gasteiger partial charge in [0.2, 0.25) is 0 Å². The fraction of sp³-hybridized carbons (Fsp3) is 0.833. The van der Waals surface area contributed by atoms with Crippen LogP contribution in [0.25, 0.3) is 0 Å². The minimum atomic E-state index is -0.731. The summed E-state index contributed by atoms with van der Waals surface area (Å²) in [6.07, 6.45) is 15.5. The molecule has 0 aliphatic carbocycles. The van der Waals surface area contributed by atoms with Crippen molar-refractivity contribution in [3.05, 3.63) is 12.7 Å². The van der Waals surface area contributed by atoms with Crippen LogP contribution in [0.15, 0.2) is 12.7 Å². The first kappa shape index (κ1) is 24.4. The van der Waals surface area contributed by atoms with Crippen LogP contribution in [0.2, 0.25) is 0 Å². The third kappa shape index (κ3) is 16.5. The number of nitrogens with one attached hydrogen (secondary N) is 1. The second-order valence-electron chi connectivity index (χ2n) is 5.95.